The van der Waals surface area contributed by atoms with E-state index in [2.05, 4.69) is 10.3 Å². The van der Waals surface area contributed by atoms with Crippen LogP contribution in [0.3, 0.4) is 0 Å². The van der Waals surface area contributed by atoms with Crippen molar-refractivity contribution in [3.8, 4) is 11.3 Å². The number of aromatic nitrogens is 1. The molecule has 0 spiro atoms. The molecular weight excluding hydrogens is 192 g/mol. The number of oxazole rings is 1. The lowest BCUT2D eigenvalue weighted by Gasteiger charge is -1.94. The van der Waals surface area contributed by atoms with Crippen molar-refractivity contribution in [1.82, 2.24) is 10.3 Å². The van der Waals surface area contributed by atoms with Crippen molar-refractivity contribution in [3.63, 3.8) is 0 Å². The third-order valence-electron chi connectivity index (χ3n) is 1.95. The first kappa shape index (κ1) is 9.45. The Hall–Kier alpha value is -2.10. The molecule has 0 aliphatic carbocycles. The highest BCUT2D eigenvalue weighted by Gasteiger charge is 2.04. The fourth-order valence-electron chi connectivity index (χ4n) is 1.26. The molecule has 0 saturated carbocycles. The molecule has 76 valence electrons. The van der Waals surface area contributed by atoms with Gasteiger partial charge >= 0.3 is 0 Å². The minimum atomic E-state index is 0.316. The molecule has 2 rings (SSSR count). The van der Waals surface area contributed by atoms with Gasteiger partial charge in [0.2, 0.25) is 12.3 Å². The average Bonchev–Trinajstić information content (AvgIpc) is 2.76. The van der Waals surface area contributed by atoms with Crippen LogP contribution in [0.1, 0.15) is 5.89 Å². The van der Waals surface area contributed by atoms with Gasteiger partial charge in [-0.2, -0.15) is 0 Å². The smallest absolute Gasteiger partial charge is 0.214 e. The van der Waals surface area contributed by atoms with Crippen molar-refractivity contribution in [1.29, 1.82) is 0 Å². The van der Waals surface area contributed by atoms with Crippen LogP contribution in [0.4, 0.5) is 0 Å². The fraction of sp³-hybridized carbons (Fsp3) is 0.0909. The number of rotatable bonds is 4. The molecule has 0 bridgehead atoms. The second kappa shape index (κ2) is 4.41. The molecule has 1 N–H and O–H groups in total. The van der Waals surface area contributed by atoms with Gasteiger partial charge in [0, 0.05) is 5.56 Å². The quantitative estimate of drug-likeness (QED) is 0.766. The lowest BCUT2D eigenvalue weighted by Crippen LogP contribution is -2.09. The maximum Gasteiger partial charge on any atom is 0.214 e. The average molecular weight is 202 g/mol. The van der Waals surface area contributed by atoms with E-state index in [4.69, 9.17) is 4.42 Å². The molecule has 0 aliphatic heterocycles. The summed E-state index contributed by atoms with van der Waals surface area (Å²) in [7, 11) is 0. The molecule has 2 aromatic rings. The molecule has 15 heavy (non-hydrogen) atoms. The standard InChI is InChI=1S/C11H10N2O2/c14-8-12-7-11-13-6-10(15-11)9-4-2-1-3-5-9/h1-6,8H,7H2,(H,12,14). The zero-order valence-electron chi connectivity index (χ0n) is 8.01. The summed E-state index contributed by atoms with van der Waals surface area (Å²) in [6, 6.07) is 9.69. The maximum atomic E-state index is 10.1. The number of benzene rings is 1. The van der Waals surface area contributed by atoms with E-state index in [9.17, 15) is 4.79 Å². The molecule has 0 unspecified atom stereocenters. The van der Waals surface area contributed by atoms with Gasteiger partial charge in [-0.3, -0.25) is 4.79 Å². The third-order valence-corrected chi connectivity index (χ3v) is 1.95. The normalized spacial score (nSPS) is 9.87. The van der Waals surface area contributed by atoms with E-state index in [-0.39, 0.29) is 0 Å². The van der Waals surface area contributed by atoms with Gasteiger partial charge in [0.05, 0.1) is 12.7 Å². The molecule has 4 nitrogen and oxygen atoms in total. The highest BCUT2D eigenvalue weighted by Crippen LogP contribution is 2.19. The number of amides is 1. The van der Waals surface area contributed by atoms with Crippen molar-refractivity contribution in [2.75, 3.05) is 0 Å². The first-order valence-electron chi connectivity index (χ1n) is 4.57. The van der Waals surface area contributed by atoms with Crippen molar-refractivity contribution in [3.05, 3.63) is 42.4 Å². The van der Waals surface area contributed by atoms with Gasteiger partial charge in [-0.15, -0.1) is 0 Å². The third kappa shape index (κ3) is 2.22. The predicted molar refractivity (Wildman–Crippen MR) is 54.8 cm³/mol. The van der Waals surface area contributed by atoms with Gasteiger partial charge < -0.3 is 9.73 Å². The Kier molecular flexibility index (Phi) is 2.78. The number of carbonyl (C=O) groups excluding carboxylic acids is 1. The van der Waals surface area contributed by atoms with Crippen molar-refractivity contribution in [2.45, 2.75) is 6.54 Å². The van der Waals surface area contributed by atoms with E-state index in [1.54, 1.807) is 6.20 Å². The Morgan fingerprint density at radius 3 is 2.87 bits per heavy atom. The number of hydrogen-bond acceptors (Lipinski definition) is 3. The zero-order valence-corrected chi connectivity index (χ0v) is 8.01. The van der Waals surface area contributed by atoms with Gasteiger partial charge in [0.15, 0.2) is 5.76 Å². The molecule has 0 saturated heterocycles. The number of nitrogens with one attached hydrogen (secondary N) is 1. The second-order valence-corrected chi connectivity index (χ2v) is 2.98. The van der Waals surface area contributed by atoms with E-state index in [0.717, 1.165) is 5.56 Å². The first-order valence-corrected chi connectivity index (χ1v) is 4.57. The van der Waals surface area contributed by atoms with Crippen LogP contribution in [-0.2, 0) is 11.3 Å². The molecule has 1 aromatic carbocycles. The van der Waals surface area contributed by atoms with E-state index in [0.29, 0.717) is 24.6 Å². The Bertz CT molecular complexity index is 437. The van der Waals surface area contributed by atoms with Crippen LogP contribution in [0.2, 0.25) is 0 Å². The fourth-order valence-corrected chi connectivity index (χ4v) is 1.26. The largest absolute Gasteiger partial charge is 0.439 e. The van der Waals surface area contributed by atoms with Crippen LogP contribution >= 0.6 is 0 Å². The van der Waals surface area contributed by atoms with Gasteiger partial charge in [-0.1, -0.05) is 30.3 Å². The van der Waals surface area contributed by atoms with E-state index in [1.165, 1.54) is 0 Å². The van der Waals surface area contributed by atoms with Gasteiger partial charge in [-0.25, -0.2) is 4.98 Å². The summed E-state index contributed by atoms with van der Waals surface area (Å²) in [4.78, 5) is 14.1. The summed E-state index contributed by atoms with van der Waals surface area (Å²) in [5, 5.41) is 2.49. The van der Waals surface area contributed by atoms with E-state index >= 15 is 0 Å². The van der Waals surface area contributed by atoms with Crippen LogP contribution in [0.25, 0.3) is 11.3 Å². The SMILES string of the molecule is O=CNCc1ncc(-c2ccccc2)o1. The summed E-state index contributed by atoms with van der Waals surface area (Å²) < 4.78 is 5.44. The number of hydrogen-bond donors (Lipinski definition) is 1. The second-order valence-electron chi connectivity index (χ2n) is 2.98. The Morgan fingerprint density at radius 2 is 2.13 bits per heavy atom. The van der Waals surface area contributed by atoms with Gasteiger partial charge in [0.1, 0.15) is 0 Å². The molecule has 1 heterocycles. The van der Waals surface area contributed by atoms with Crippen LogP contribution in [0.5, 0.6) is 0 Å². The topological polar surface area (TPSA) is 55.1 Å². The minimum Gasteiger partial charge on any atom is -0.439 e. The molecule has 0 radical (unpaired) electrons. The molecule has 1 aromatic heterocycles. The predicted octanol–water partition coefficient (Wildman–Crippen LogP) is 1.59. The highest BCUT2D eigenvalue weighted by atomic mass is 16.4. The Balaban J connectivity index is 2.17. The van der Waals surface area contributed by atoms with E-state index in [1.807, 2.05) is 30.3 Å². The van der Waals surface area contributed by atoms with Crippen LogP contribution in [0.15, 0.2) is 40.9 Å². The Labute approximate surface area is 86.9 Å². The van der Waals surface area contributed by atoms with E-state index < -0.39 is 0 Å². The van der Waals surface area contributed by atoms with Crippen LogP contribution < -0.4 is 5.32 Å². The minimum absolute atomic E-state index is 0.316. The lowest BCUT2D eigenvalue weighted by molar-refractivity contribution is -0.109. The zero-order chi connectivity index (χ0) is 10.5. The molecule has 4 heteroatoms. The number of carbonyl (C=O) groups is 1. The highest BCUT2D eigenvalue weighted by molar-refractivity contribution is 5.55. The lowest BCUT2D eigenvalue weighted by atomic mass is 10.2. The van der Waals surface area contributed by atoms with Crippen LogP contribution in [-0.4, -0.2) is 11.4 Å². The van der Waals surface area contributed by atoms with Gasteiger partial charge in [0.25, 0.3) is 0 Å². The molecular formula is C11H10N2O2. The maximum absolute atomic E-state index is 10.1. The van der Waals surface area contributed by atoms with Crippen molar-refractivity contribution < 1.29 is 9.21 Å². The summed E-state index contributed by atoms with van der Waals surface area (Å²) in [5.74, 6) is 1.21. The molecule has 0 fully saturated rings. The first-order chi connectivity index (χ1) is 7.40. The molecule has 1 amide bonds. The summed E-state index contributed by atoms with van der Waals surface area (Å²) >= 11 is 0. The number of nitrogens with zero attached hydrogens (tertiary/aromatic N) is 1. The van der Waals surface area contributed by atoms with Crippen molar-refractivity contribution in [2.24, 2.45) is 0 Å². The van der Waals surface area contributed by atoms with Gasteiger partial charge in [-0.05, 0) is 0 Å². The molecule has 0 atom stereocenters. The monoisotopic (exact) mass is 202 g/mol. The van der Waals surface area contributed by atoms with Crippen LogP contribution in [0, 0.1) is 0 Å². The van der Waals surface area contributed by atoms with Crippen molar-refractivity contribution >= 4 is 6.41 Å². The summed E-state index contributed by atoms with van der Waals surface area (Å²) in [6.45, 7) is 0.316. The summed E-state index contributed by atoms with van der Waals surface area (Å²) in [5.41, 5.74) is 0.974. The summed E-state index contributed by atoms with van der Waals surface area (Å²) in [6.07, 6.45) is 2.27. The molecule has 0 aliphatic rings. The Morgan fingerprint density at radius 1 is 1.33 bits per heavy atom.